The number of allylic oxidation sites excluding steroid dienone is 5. The van der Waals surface area contributed by atoms with E-state index in [0.717, 1.165) is 4.51 Å². The quantitative estimate of drug-likeness (QED) is 0.493. The van der Waals surface area contributed by atoms with Gasteiger partial charge in [-0.15, -0.1) is 0 Å². The molecule has 1 rings (SSSR count). The van der Waals surface area contributed by atoms with E-state index in [1.54, 1.807) is 0 Å². The van der Waals surface area contributed by atoms with Gasteiger partial charge in [-0.2, -0.15) is 0 Å². The van der Waals surface area contributed by atoms with Gasteiger partial charge in [0.05, 0.1) is 0 Å². The summed E-state index contributed by atoms with van der Waals surface area (Å²) in [4.78, 5) is 0. The van der Waals surface area contributed by atoms with Crippen LogP contribution in [0.5, 0.6) is 0 Å². The summed E-state index contributed by atoms with van der Waals surface area (Å²) in [5, 5.41) is 1.21. The molecular formula is C8H10Ru. The Morgan fingerprint density at radius 1 is 1.44 bits per heavy atom. The normalized spacial score (nSPS) is 17.3. The van der Waals surface area contributed by atoms with Gasteiger partial charge in [0.2, 0.25) is 0 Å². The Morgan fingerprint density at radius 3 is 2.67 bits per heavy atom. The number of rotatable bonds is 3. The first-order valence-electron chi connectivity index (χ1n) is 2.94. The molecule has 0 N–H and O–H groups in total. The van der Waals surface area contributed by atoms with Gasteiger partial charge < -0.3 is 0 Å². The predicted octanol–water partition coefficient (Wildman–Crippen LogP) is 2.59. The van der Waals surface area contributed by atoms with Gasteiger partial charge in [-0.05, 0) is 0 Å². The van der Waals surface area contributed by atoms with Gasteiger partial charge >= 0.3 is 63.6 Å². The van der Waals surface area contributed by atoms with Crippen LogP contribution >= 0.6 is 0 Å². The summed E-state index contributed by atoms with van der Waals surface area (Å²) in [5.74, 6) is 0. The molecular weight excluding hydrogens is 197 g/mol. The third-order valence-electron chi connectivity index (χ3n) is 1.04. The summed E-state index contributed by atoms with van der Waals surface area (Å²) < 4.78 is 0.773. The molecule has 0 atom stereocenters. The van der Waals surface area contributed by atoms with E-state index in [2.05, 4.69) is 30.9 Å². The fraction of sp³-hybridized carbons (Fsp3) is 0.250. The molecule has 0 radical (unpaired) electrons. The molecule has 0 saturated carbocycles. The van der Waals surface area contributed by atoms with Crippen LogP contribution < -0.4 is 0 Å². The topological polar surface area (TPSA) is 0 Å². The van der Waals surface area contributed by atoms with Crippen LogP contribution in [-0.2, 0) is 17.1 Å². The van der Waals surface area contributed by atoms with Crippen molar-refractivity contribution >= 4 is 0 Å². The van der Waals surface area contributed by atoms with Gasteiger partial charge in [-0.1, -0.05) is 0 Å². The van der Waals surface area contributed by atoms with E-state index in [-0.39, 0.29) is 0 Å². The van der Waals surface area contributed by atoms with Crippen molar-refractivity contribution in [3.05, 3.63) is 37.0 Å². The second kappa shape index (κ2) is 3.79. The average Bonchev–Trinajstić information content (AvgIpc) is 2.34. The Balaban J connectivity index is 2.20. The second-order valence-electron chi connectivity index (χ2n) is 1.78. The molecule has 0 heterocycles. The summed E-state index contributed by atoms with van der Waals surface area (Å²) >= 11 is 0.491. The van der Waals surface area contributed by atoms with E-state index in [4.69, 9.17) is 0 Å². The average molecular weight is 207 g/mol. The van der Waals surface area contributed by atoms with Crippen LogP contribution in [0.3, 0.4) is 0 Å². The zero-order valence-electron chi connectivity index (χ0n) is 5.23. The van der Waals surface area contributed by atoms with Crippen LogP contribution in [0.15, 0.2) is 37.0 Å². The molecule has 0 aromatic heterocycles. The van der Waals surface area contributed by atoms with E-state index in [9.17, 15) is 0 Å². The molecule has 9 heavy (non-hydrogen) atoms. The first kappa shape index (κ1) is 6.96. The predicted molar refractivity (Wildman–Crippen MR) is 37.0 cm³/mol. The van der Waals surface area contributed by atoms with Crippen molar-refractivity contribution in [2.45, 2.75) is 9.53 Å². The zero-order chi connectivity index (χ0) is 6.53. The van der Waals surface area contributed by atoms with Gasteiger partial charge in [0.25, 0.3) is 0 Å². The zero-order valence-corrected chi connectivity index (χ0v) is 6.97. The van der Waals surface area contributed by atoms with Crippen LogP contribution in [-0.4, -0.2) is 0 Å². The minimum atomic E-state index is 0.491. The summed E-state index contributed by atoms with van der Waals surface area (Å²) in [6, 6.07) is 0. The third-order valence-corrected chi connectivity index (χ3v) is 3.44. The van der Waals surface area contributed by atoms with Gasteiger partial charge in [-0.3, -0.25) is 0 Å². The molecule has 1 aliphatic carbocycles. The fourth-order valence-corrected chi connectivity index (χ4v) is 2.27. The van der Waals surface area contributed by atoms with E-state index in [0.29, 0.717) is 17.1 Å². The van der Waals surface area contributed by atoms with Crippen molar-refractivity contribution in [2.24, 2.45) is 0 Å². The van der Waals surface area contributed by atoms with E-state index >= 15 is 0 Å². The van der Waals surface area contributed by atoms with E-state index < -0.39 is 0 Å². The van der Waals surface area contributed by atoms with Crippen molar-refractivity contribution in [1.82, 2.24) is 0 Å². The SMILES string of the molecule is C=C[CH2][Ru][CH]1C=CC=C1. The second-order valence-corrected chi connectivity index (χ2v) is 4.35. The van der Waals surface area contributed by atoms with Crippen molar-refractivity contribution in [3.63, 3.8) is 0 Å². The molecule has 0 nitrogen and oxygen atoms in total. The van der Waals surface area contributed by atoms with Crippen LogP contribution in [0, 0.1) is 0 Å². The molecule has 1 heteroatoms. The van der Waals surface area contributed by atoms with Crippen LogP contribution in [0.1, 0.15) is 0 Å². The molecule has 0 bridgehead atoms. The molecule has 0 unspecified atom stereocenters. The maximum atomic E-state index is 3.70. The molecule has 0 aromatic rings. The van der Waals surface area contributed by atoms with E-state index in [1.807, 2.05) is 6.08 Å². The Labute approximate surface area is 63.9 Å². The van der Waals surface area contributed by atoms with Gasteiger partial charge in [-0.25, -0.2) is 0 Å². The molecule has 0 spiro atoms. The van der Waals surface area contributed by atoms with Crippen molar-refractivity contribution in [2.75, 3.05) is 0 Å². The van der Waals surface area contributed by atoms with Crippen molar-refractivity contribution in [1.29, 1.82) is 0 Å². The molecule has 0 fully saturated rings. The standard InChI is InChI=1S/C5H5.C3H5.Ru/c1-2-4-5-3-1;1-3-2;/h1-5H;3H,1-2H2;. The maximum absolute atomic E-state index is 3.70. The Morgan fingerprint density at radius 2 is 2.11 bits per heavy atom. The summed E-state index contributed by atoms with van der Waals surface area (Å²) in [6.45, 7) is 3.70. The number of hydrogen-bond donors (Lipinski definition) is 0. The van der Waals surface area contributed by atoms with Gasteiger partial charge in [0.15, 0.2) is 0 Å². The third kappa shape index (κ3) is 2.28. The molecule has 0 saturated heterocycles. The summed E-state index contributed by atoms with van der Waals surface area (Å²) in [6.07, 6.45) is 10.8. The Hall–Kier alpha value is -0.157. The van der Waals surface area contributed by atoms with Crippen LogP contribution in [0.25, 0.3) is 0 Å². The number of hydrogen-bond acceptors (Lipinski definition) is 0. The molecule has 0 amide bonds. The Bertz CT molecular complexity index is 133. The molecule has 0 aliphatic heterocycles. The summed E-state index contributed by atoms with van der Waals surface area (Å²) in [5.41, 5.74) is 0. The fourth-order valence-electron chi connectivity index (χ4n) is 0.651. The van der Waals surface area contributed by atoms with Crippen molar-refractivity contribution in [3.8, 4) is 0 Å². The Kier molecular flexibility index (Phi) is 2.93. The van der Waals surface area contributed by atoms with Gasteiger partial charge in [0, 0.05) is 0 Å². The summed E-state index contributed by atoms with van der Waals surface area (Å²) in [7, 11) is 0. The first-order valence-corrected chi connectivity index (χ1v) is 5.17. The van der Waals surface area contributed by atoms with E-state index in [1.165, 1.54) is 5.02 Å². The minimum absolute atomic E-state index is 0.491. The van der Waals surface area contributed by atoms with Gasteiger partial charge in [0.1, 0.15) is 0 Å². The molecule has 0 aromatic carbocycles. The van der Waals surface area contributed by atoms with Crippen molar-refractivity contribution < 1.29 is 17.1 Å². The van der Waals surface area contributed by atoms with Crippen LogP contribution in [0.4, 0.5) is 0 Å². The van der Waals surface area contributed by atoms with Crippen LogP contribution in [0.2, 0.25) is 9.53 Å². The monoisotopic (exact) mass is 208 g/mol. The molecule has 50 valence electrons. The first-order chi connectivity index (χ1) is 4.43. The molecule has 1 aliphatic rings.